The van der Waals surface area contributed by atoms with Crippen molar-refractivity contribution in [2.75, 3.05) is 5.73 Å². The highest BCUT2D eigenvalue weighted by Crippen LogP contribution is 2.26. The molecule has 0 aliphatic rings. The Bertz CT molecular complexity index is 466. The molecule has 0 spiro atoms. The zero-order valence-corrected chi connectivity index (χ0v) is 8.72. The molecule has 0 saturated heterocycles. The third-order valence-electron chi connectivity index (χ3n) is 2.41. The van der Waals surface area contributed by atoms with Crippen molar-refractivity contribution in [3.8, 4) is 0 Å². The van der Waals surface area contributed by atoms with Crippen LogP contribution in [-0.2, 0) is 5.41 Å². The Kier molecular flexibility index (Phi) is 1.77. The van der Waals surface area contributed by atoms with Gasteiger partial charge in [-0.3, -0.25) is 5.73 Å². The summed E-state index contributed by atoms with van der Waals surface area (Å²) in [7, 11) is 0. The highest BCUT2D eigenvalue weighted by molar-refractivity contribution is 5.85. The number of hydrogen-bond acceptors (Lipinski definition) is 2. The van der Waals surface area contributed by atoms with Crippen LogP contribution in [-0.4, -0.2) is 0 Å². The fourth-order valence-electron chi connectivity index (χ4n) is 1.46. The standard InChI is InChI=1S/C11H14N2O/c1-11(2,3)7-4-5-8-9(6-7)14-13-10(8)12/h4-6H,1-3H3,(H2,12,13)/p+1. The molecule has 0 fully saturated rings. The fraction of sp³-hybridized carbons (Fsp3) is 0.364. The zero-order valence-electron chi connectivity index (χ0n) is 8.72. The van der Waals surface area contributed by atoms with Gasteiger partial charge in [0.05, 0.1) is 0 Å². The molecule has 2 aromatic rings. The summed E-state index contributed by atoms with van der Waals surface area (Å²) in [6.45, 7) is 6.51. The van der Waals surface area contributed by atoms with Gasteiger partial charge in [0.1, 0.15) is 5.39 Å². The Labute approximate surface area is 82.9 Å². The van der Waals surface area contributed by atoms with E-state index in [1.807, 2.05) is 12.1 Å². The van der Waals surface area contributed by atoms with Crippen LogP contribution in [0, 0.1) is 0 Å². The maximum absolute atomic E-state index is 5.69. The summed E-state index contributed by atoms with van der Waals surface area (Å²) >= 11 is 0. The van der Waals surface area contributed by atoms with Crippen LogP contribution >= 0.6 is 0 Å². The van der Waals surface area contributed by atoms with Gasteiger partial charge in [0.15, 0.2) is 5.58 Å². The number of anilines is 1. The smallest absolute Gasteiger partial charge is 0.303 e. The number of nitrogen functional groups attached to an aromatic ring is 1. The van der Waals surface area contributed by atoms with E-state index in [1.54, 1.807) is 0 Å². The lowest BCUT2D eigenvalue weighted by Gasteiger charge is -2.18. The molecule has 3 N–H and O–H groups in total. The van der Waals surface area contributed by atoms with E-state index in [2.05, 4.69) is 32.0 Å². The number of aromatic nitrogens is 1. The number of nitrogens with one attached hydrogen (secondary N) is 1. The summed E-state index contributed by atoms with van der Waals surface area (Å²) in [6.07, 6.45) is 0. The predicted octanol–water partition coefficient (Wildman–Crippen LogP) is 2.13. The topological polar surface area (TPSA) is 53.3 Å². The summed E-state index contributed by atoms with van der Waals surface area (Å²) in [5.74, 6) is 0.584. The van der Waals surface area contributed by atoms with Gasteiger partial charge < -0.3 is 4.52 Å². The van der Waals surface area contributed by atoms with Crippen molar-refractivity contribution in [2.24, 2.45) is 0 Å². The van der Waals surface area contributed by atoms with Gasteiger partial charge in [-0.25, -0.2) is 0 Å². The third kappa shape index (κ3) is 1.35. The molecule has 1 heterocycles. The average molecular weight is 191 g/mol. The first-order valence-electron chi connectivity index (χ1n) is 4.68. The Morgan fingerprint density at radius 1 is 1.29 bits per heavy atom. The van der Waals surface area contributed by atoms with E-state index in [1.165, 1.54) is 5.56 Å². The maximum Gasteiger partial charge on any atom is 0.315 e. The van der Waals surface area contributed by atoms with E-state index in [9.17, 15) is 0 Å². The lowest BCUT2D eigenvalue weighted by molar-refractivity contribution is -0.590. The summed E-state index contributed by atoms with van der Waals surface area (Å²) in [6, 6.07) is 6.11. The number of H-pyrrole nitrogens is 1. The van der Waals surface area contributed by atoms with Crippen LogP contribution < -0.4 is 10.9 Å². The molecule has 74 valence electrons. The third-order valence-corrected chi connectivity index (χ3v) is 2.41. The Morgan fingerprint density at radius 3 is 2.64 bits per heavy atom. The SMILES string of the molecule is CC(C)(C)c1ccc2c(N)[nH+]oc2c1. The van der Waals surface area contributed by atoms with Crippen molar-refractivity contribution in [1.29, 1.82) is 0 Å². The number of nitrogens with two attached hydrogens (primary N) is 1. The molecule has 0 aliphatic carbocycles. The molecule has 1 aromatic heterocycles. The molecule has 14 heavy (non-hydrogen) atoms. The minimum atomic E-state index is 0.135. The zero-order chi connectivity index (χ0) is 10.3. The minimum Gasteiger partial charge on any atom is -0.303 e. The van der Waals surface area contributed by atoms with Gasteiger partial charge >= 0.3 is 5.82 Å². The molecule has 0 saturated carbocycles. The van der Waals surface area contributed by atoms with Crippen molar-refractivity contribution >= 4 is 16.8 Å². The molecule has 0 atom stereocenters. The summed E-state index contributed by atoms with van der Waals surface area (Å²) in [4.78, 5) is 0. The molecule has 0 radical (unpaired) electrons. The van der Waals surface area contributed by atoms with Gasteiger partial charge in [-0.2, -0.15) is 0 Å². The van der Waals surface area contributed by atoms with Crippen LogP contribution in [0.15, 0.2) is 22.7 Å². The van der Waals surface area contributed by atoms with Gasteiger partial charge in [0.2, 0.25) is 0 Å². The molecular formula is C11H15N2O+. The molecule has 3 nitrogen and oxygen atoms in total. The summed E-state index contributed by atoms with van der Waals surface area (Å²) in [5, 5.41) is 3.60. The second kappa shape index (κ2) is 2.74. The van der Waals surface area contributed by atoms with Crippen molar-refractivity contribution in [3.63, 3.8) is 0 Å². The van der Waals surface area contributed by atoms with Gasteiger partial charge in [0.25, 0.3) is 0 Å². The van der Waals surface area contributed by atoms with Crippen LogP contribution in [0.25, 0.3) is 11.0 Å². The van der Waals surface area contributed by atoms with Crippen molar-refractivity contribution in [1.82, 2.24) is 0 Å². The molecular weight excluding hydrogens is 176 g/mol. The minimum absolute atomic E-state index is 0.135. The molecule has 2 rings (SSSR count). The first-order valence-corrected chi connectivity index (χ1v) is 4.68. The lowest BCUT2D eigenvalue weighted by atomic mass is 9.87. The van der Waals surface area contributed by atoms with E-state index < -0.39 is 0 Å². The highest BCUT2D eigenvalue weighted by Gasteiger charge is 2.17. The molecule has 1 aromatic carbocycles. The van der Waals surface area contributed by atoms with Crippen LogP contribution in [0.4, 0.5) is 5.82 Å². The number of fused-ring (bicyclic) bond motifs is 1. The monoisotopic (exact) mass is 191 g/mol. The van der Waals surface area contributed by atoms with E-state index in [-0.39, 0.29) is 5.41 Å². The normalized spacial score (nSPS) is 12.2. The van der Waals surface area contributed by atoms with Crippen molar-refractivity contribution in [3.05, 3.63) is 23.8 Å². The largest absolute Gasteiger partial charge is 0.315 e. The first kappa shape index (κ1) is 9.06. The van der Waals surface area contributed by atoms with Gasteiger partial charge in [-0.1, -0.05) is 32.0 Å². The Morgan fingerprint density at radius 2 is 2.00 bits per heavy atom. The van der Waals surface area contributed by atoms with Crippen LogP contribution in [0.2, 0.25) is 0 Å². The van der Waals surface area contributed by atoms with E-state index in [0.717, 1.165) is 11.0 Å². The number of rotatable bonds is 0. The van der Waals surface area contributed by atoms with E-state index in [0.29, 0.717) is 5.82 Å². The Hall–Kier alpha value is -1.51. The van der Waals surface area contributed by atoms with Gasteiger partial charge in [-0.15, -0.1) is 0 Å². The summed E-state index contributed by atoms with van der Waals surface area (Å²) in [5.41, 5.74) is 7.88. The predicted molar refractivity (Wildman–Crippen MR) is 55.9 cm³/mol. The second-order valence-electron chi connectivity index (χ2n) is 4.58. The maximum atomic E-state index is 5.69. The molecule has 0 aliphatic heterocycles. The highest BCUT2D eigenvalue weighted by atomic mass is 16.5. The fourth-order valence-corrected chi connectivity index (χ4v) is 1.46. The number of hydrogen-bond donors (Lipinski definition) is 1. The van der Waals surface area contributed by atoms with E-state index >= 15 is 0 Å². The van der Waals surface area contributed by atoms with Crippen molar-refractivity contribution < 1.29 is 9.68 Å². The molecule has 3 heteroatoms. The second-order valence-corrected chi connectivity index (χ2v) is 4.58. The van der Waals surface area contributed by atoms with Crippen LogP contribution in [0.5, 0.6) is 0 Å². The van der Waals surface area contributed by atoms with Gasteiger partial charge in [0, 0.05) is 0 Å². The number of aromatic amines is 1. The molecule has 0 bridgehead atoms. The van der Waals surface area contributed by atoms with E-state index in [4.69, 9.17) is 10.3 Å². The quantitative estimate of drug-likeness (QED) is 0.693. The summed E-state index contributed by atoms with van der Waals surface area (Å²) < 4.78 is 5.23. The molecule has 0 unspecified atom stereocenters. The van der Waals surface area contributed by atoms with Crippen LogP contribution in [0.3, 0.4) is 0 Å². The van der Waals surface area contributed by atoms with Gasteiger partial charge in [-0.05, 0) is 23.1 Å². The average Bonchev–Trinajstić information content (AvgIpc) is 2.46. The Balaban J connectivity index is 2.63. The molecule has 0 amide bonds. The lowest BCUT2D eigenvalue weighted by Crippen LogP contribution is -2.10. The number of benzene rings is 1. The van der Waals surface area contributed by atoms with Crippen molar-refractivity contribution in [2.45, 2.75) is 26.2 Å². The first-order chi connectivity index (χ1) is 6.48. The van der Waals surface area contributed by atoms with Crippen LogP contribution in [0.1, 0.15) is 26.3 Å².